The van der Waals surface area contributed by atoms with Gasteiger partial charge in [0.2, 0.25) is 0 Å². The van der Waals surface area contributed by atoms with E-state index >= 15 is 0 Å². The van der Waals surface area contributed by atoms with Crippen molar-refractivity contribution < 1.29 is 19.9 Å². The molecule has 1 aromatic carbocycles. The van der Waals surface area contributed by atoms with Gasteiger partial charge in [0, 0.05) is 11.0 Å². The third kappa shape index (κ3) is 2.00. The summed E-state index contributed by atoms with van der Waals surface area (Å²) in [7, 11) is -0.165. The molecule has 0 saturated carbocycles. The second-order valence-electron chi connectivity index (χ2n) is 2.57. The van der Waals surface area contributed by atoms with Crippen molar-refractivity contribution >= 4 is 12.6 Å². The van der Waals surface area contributed by atoms with Crippen molar-refractivity contribution in [1.82, 2.24) is 0 Å². The molecule has 0 aliphatic carbocycles. The van der Waals surface area contributed by atoms with Gasteiger partial charge >= 0.3 is 7.12 Å². The number of aliphatic hydroxyl groups is 1. The van der Waals surface area contributed by atoms with Crippen LogP contribution >= 0.6 is 0 Å². The van der Waals surface area contributed by atoms with Gasteiger partial charge in [-0.2, -0.15) is 0 Å². The third-order valence-electron chi connectivity index (χ3n) is 1.78. The van der Waals surface area contributed by atoms with E-state index < -0.39 is 7.12 Å². The van der Waals surface area contributed by atoms with Gasteiger partial charge in [-0.15, -0.1) is 0 Å². The zero-order valence-electron chi connectivity index (χ0n) is 7.27. The predicted octanol–water partition coefficient (Wildman–Crippen LogP) is -1.13. The standard InChI is InChI=1S/C8H11BO4/c1-13-8-6(5-10)3-2-4-7(8)9(11)12/h2-4,10-12H,5H2,1H3. The van der Waals surface area contributed by atoms with Crippen molar-refractivity contribution in [2.75, 3.05) is 7.11 Å². The maximum atomic E-state index is 8.95. The van der Waals surface area contributed by atoms with Crippen LogP contribution < -0.4 is 10.2 Å². The SMILES string of the molecule is COc1c(CO)cccc1B(O)O. The van der Waals surface area contributed by atoms with Gasteiger partial charge in [0.05, 0.1) is 13.7 Å². The highest BCUT2D eigenvalue weighted by Crippen LogP contribution is 2.15. The highest BCUT2D eigenvalue weighted by molar-refractivity contribution is 6.59. The Balaban J connectivity index is 3.19. The Kier molecular flexibility index (Phi) is 3.30. The van der Waals surface area contributed by atoms with Crippen molar-refractivity contribution in [1.29, 1.82) is 0 Å². The number of aliphatic hydroxyl groups excluding tert-OH is 1. The lowest BCUT2D eigenvalue weighted by Gasteiger charge is -2.10. The zero-order valence-corrected chi connectivity index (χ0v) is 7.27. The maximum Gasteiger partial charge on any atom is 0.492 e. The monoisotopic (exact) mass is 182 g/mol. The van der Waals surface area contributed by atoms with Gasteiger partial charge in [0.15, 0.2) is 0 Å². The van der Waals surface area contributed by atoms with E-state index in [0.717, 1.165) is 0 Å². The fraction of sp³-hybridized carbons (Fsp3) is 0.250. The summed E-state index contributed by atoms with van der Waals surface area (Å²) >= 11 is 0. The molecule has 0 aliphatic heterocycles. The smallest absolute Gasteiger partial charge is 0.492 e. The molecule has 0 atom stereocenters. The van der Waals surface area contributed by atoms with E-state index in [1.54, 1.807) is 12.1 Å². The summed E-state index contributed by atoms with van der Waals surface area (Å²) in [5.41, 5.74) is 0.794. The normalized spacial score (nSPS) is 9.85. The van der Waals surface area contributed by atoms with Gasteiger partial charge in [-0.3, -0.25) is 0 Å². The second kappa shape index (κ2) is 4.27. The van der Waals surface area contributed by atoms with Crippen LogP contribution in [-0.4, -0.2) is 29.4 Å². The number of benzene rings is 1. The van der Waals surface area contributed by atoms with Gasteiger partial charge in [-0.1, -0.05) is 18.2 Å². The second-order valence-corrected chi connectivity index (χ2v) is 2.57. The molecule has 0 bridgehead atoms. The van der Waals surface area contributed by atoms with Crippen LogP contribution in [0, 0.1) is 0 Å². The number of rotatable bonds is 3. The average Bonchev–Trinajstić information content (AvgIpc) is 2.16. The van der Waals surface area contributed by atoms with Crippen LogP contribution in [0.2, 0.25) is 0 Å². The molecule has 5 heteroatoms. The van der Waals surface area contributed by atoms with Crippen LogP contribution in [-0.2, 0) is 6.61 Å². The maximum absolute atomic E-state index is 8.95. The fourth-order valence-corrected chi connectivity index (χ4v) is 1.18. The Hall–Kier alpha value is -1.04. The van der Waals surface area contributed by atoms with Crippen molar-refractivity contribution in [2.24, 2.45) is 0 Å². The fourth-order valence-electron chi connectivity index (χ4n) is 1.18. The van der Waals surface area contributed by atoms with Crippen molar-refractivity contribution in [3.63, 3.8) is 0 Å². The summed E-state index contributed by atoms with van der Waals surface area (Å²) in [6, 6.07) is 4.82. The highest BCUT2D eigenvalue weighted by atomic mass is 16.5. The Morgan fingerprint density at radius 1 is 1.38 bits per heavy atom. The van der Waals surface area contributed by atoms with E-state index in [0.29, 0.717) is 11.3 Å². The van der Waals surface area contributed by atoms with Crippen LogP contribution in [0.3, 0.4) is 0 Å². The molecule has 3 N–H and O–H groups in total. The summed E-state index contributed by atoms with van der Waals surface area (Å²) in [6.07, 6.45) is 0. The Morgan fingerprint density at radius 2 is 2.08 bits per heavy atom. The van der Waals surface area contributed by atoms with Gasteiger partial charge in [-0.25, -0.2) is 0 Å². The summed E-state index contributed by atoms with van der Waals surface area (Å²) in [4.78, 5) is 0. The van der Waals surface area contributed by atoms with Crippen molar-refractivity contribution in [3.05, 3.63) is 23.8 Å². The predicted molar refractivity (Wildman–Crippen MR) is 48.7 cm³/mol. The first-order chi connectivity index (χ1) is 6.20. The number of methoxy groups -OCH3 is 1. The van der Waals surface area contributed by atoms with Crippen LogP contribution in [0.5, 0.6) is 5.75 Å². The number of hydrogen-bond donors (Lipinski definition) is 3. The molecule has 1 aromatic rings. The zero-order chi connectivity index (χ0) is 9.84. The molecule has 1 rings (SSSR count). The molecule has 0 spiro atoms. The van der Waals surface area contributed by atoms with Crippen molar-refractivity contribution in [3.8, 4) is 5.75 Å². The van der Waals surface area contributed by atoms with Gasteiger partial charge in [-0.05, 0) is 0 Å². The lowest BCUT2D eigenvalue weighted by Crippen LogP contribution is -2.31. The first-order valence-electron chi connectivity index (χ1n) is 3.83. The third-order valence-corrected chi connectivity index (χ3v) is 1.78. The minimum Gasteiger partial charge on any atom is -0.497 e. The molecule has 70 valence electrons. The molecular formula is C8H11BO4. The average molecular weight is 182 g/mol. The van der Waals surface area contributed by atoms with E-state index in [2.05, 4.69) is 0 Å². The highest BCUT2D eigenvalue weighted by Gasteiger charge is 2.18. The number of ether oxygens (including phenoxy) is 1. The Morgan fingerprint density at radius 3 is 2.54 bits per heavy atom. The van der Waals surface area contributed by atoms with E-state index in [1.807, 2.05) is 0 Å². The van der Waals surface area contributed by atoms with Gasteiger partial charge in [0.1, 0.15) is 5.75 Å². The summed E-state index contributed by atoms with van der Waals surface area (Å²) in [5.74, 6) is 0.319. The molecular weight excluding hydrogens is 171 g/mol. The molecule has 4 nitrogen and oxygen atoms in total. The first kappa shape index (κ1) is 10.0. The minimum absolute atomic E-state index is 0.191. The van der Waals surface area contributed by atoms with Gasteiger partial charge in [0.25, 0.3) is 0 Å². The quantitative estimate of drug-likeness (QED) is 0.517. The molecule has 0 aliphatic rings. The first-order valence-corrected chi connectivity index (χ1v) is 3.83. The molecule has 0 heterocycles. The summed E-state index contributed by atoms with van der Waals surface area (Å²) in [5, 5.41) is 26.8. The minimum atomic E-state index is -1.58. The molecule has 13 heavy (non-hydrogen) atoms. The molecule has 0 amide bonds. The number of hydrogen-bond acceptors (Lipinski definition) is 4. The van der Waals surface area contributed by atoms with E-state index in [4.69, 9.17) is 19.9 Å². The van der Waals surface area contributed by atoms with Crippen molar-refractivity contribution in [2.45, 2.75) is 6.61 Å². The largest absolute Gasteiger partial charge is 0.497 e. The van der Waals surface area contributed by atoms with Crippen LogP contribution in [0.15, 0.2) is 18.2 Å². The number of para-hydroxylation sites is 1. The van der Waals surface area contributed by atoms with E-state index in [1.165, 1.54) is 13.2 Å². The van der Waals surface area contributed by atoms with Gasteiger partial charge < -0.3 is 19.9 Å². The molecule has 0 aromatic heterocycles. The topological polar surface area (TPSA) is 69.9 Å². The lowest BCUT2D eigenvalue weighted by molar-refractivity contribution is 0.274. The van der Waals surface area contributed by atoms with Crippen LogP contribution in [0.4, 0.5) is 0 Å². The molecule has 0 saturated heterocycles. The van der Waals surface area contributed by atoms with Crippen LogP contribution in [0.1, 0.15) is 5.56 Å². The van der Waals surface area contributed by atoms with E-state index in [9.17, 15) is 0 Å². The summed E-state index contributed by atoms with van der Waals surface area (Å²) < 4.78 is 4.95. The molecule has 0 radical (unpaired) electrons. The summed E-state index contributed by atoms with van der Waals surface area (Å²) in [6.45, 7) is -0.191. The molecule has 0 unspecified atom stereocenters. The Labute approximate surface area is 76.6 Å². The Bertz CT molecular complexity index is 287. The lowest BCUT2D eigenvalue weighted by atomic mass is 9.78. The molecule has 0 fully saturated rings. The van der Waals surface area contributed by atoms with E-state index in [-0.39, 0.29) is 12.1 Å². The van der Waals surface area contributed by atoms with Crippen LogP contribution in [0.25, 0.3) is 0 Å².